The van der Waals surface area contributed by atoms with Crippen LogP contribution in [-0.4, -0.2) is 65.9 Å². The lowest BCUT2D eigenvalue weighted by atomic mass is 10.2. The molecule has 1 aliphatic heterocycles. The van der Waals surface area contributed by atoms with Crippen LogP contribution in [0.5, 0.6) is 0 Å². The first-order valence-corrected chi connectivity index (χ1v) is 7.38. The minimum absolute atomic E-state index is 0.106. The number of aliphatic hydroxyl groups excluding tert-OH is 2. The SMILES string of the molecule is O=C(N[C@H]1CC(=O)N(c2ccc(F)cc2)C1)N(CCO)CCO. The minimum atomic E-state index is -0.438. The van der Waals surface area contributed by atoms with Crippen molar-refractivity contribution in [1.82, 2.24) is 10.2 Å². The number of hydrogen-bond acceptors (Lipinski definition) is 4. The molecule has 126 valence electrons. The van der Waals surface area contributed by atoms with E-state index >= 15 is 0 Å². The zero-order chi connectivity index (χ0) is 16.8. The lowest BCUT2D eigenvalue weighted by Crippen LogP contribution is -2.47. The fourth-order valence-electron chi connectivity index (χ4n) is 2.50. The Morgan fingerprint density at radius 3 is 2.43 bits per heavy atom. The van der Waals surface area contributed by atoms with Crippen molar-refractivity contribution in [2.45, 2.75) is 12.5 Å². The second-order valence-corrected chi connectivity index (χ2v) is 5.27. The zero-order valence-electron chi connectivity index (χ0n) is 12.6. The summed E-state index contributed by atoms with van der Waals surface area (Å²) in [4.78, 5) is 26.9. The molecule has 0 aromatic heterocycles. The van der Waals surface area contributed by atoms with Crippen LogP contribution in [0.2, 0.25) is 0 Å². The molecule has 8 heteroatoms. The van der Waals surface area contributed by atoms with E-state index in [0.29, 0.717) is 12.2 Å². The van der Waals surface area contributed by atoms with Crippen LogP contribution in [0.25, 0.3) is 0 Å². The molecular weight excluding hydrogens is 305 g/mol. The van der Waals surface area contributed by atoms with E-state index in [4.69, 9.17) is 10.2 Å². The van der Waals surface area contributed by atoms with Gasteiger partial charge in [0.15, 0.2) is 0 Å². The third-order valence-corrected chi connectivity index (χ3v) is 3.62. The molecule has 0 bridgehead atoms. The van der Waals surface area contributed by atoms with Crippen molar-refractivity contribution in [3.05, 3.63) is 30.1 Å². The summed E-state index contributed by atoms with van der Waals surface area (Å²) >= 11 is 0. The average Bonchev–Trinajstić information content (AvgIpc) is 2.88. The van der Waals surface area contributed by atoms with Gasteiger partial charge >= 0.3 is 6.03 Å². The van der Waals surface area contributed by atoms with Gasteiger partial charge in [-0.25, -0.2) is 9.18 Å². The van der Waals surface area contributed by atoms with Crippen LogP contribution >= 0.6 is 0 Å². The van der Waals surface area contributed by atoms with Gasteiger partial charge in [-0.3, -0.25) is 4.79 Å². The quantitative estimate of drug-likeness (QED) is 0.682. The number of carbonyl (C=O) groups excluding carboxylic acids is 2. The number of urea groups is 1. The summed E-state index contributed by atoms with van der Waals surface area (Å²) in [5.41, 5.74) is 0.579. The Labute approximate surface area is 133 Å². The summed E-state index contributed by atoms with van der Waals surface area (Å²) in [5, 5.41) is 20.6. The van der Waals surface area contributed by atoms with Gasteiger partial charge in [0.1, 0.15) is 5.82 Å². The molecule has 1 atom stereocenters. The Bertz CT molecular complexity index is 546. The molecular formula is C15H20FN3O4. The van der Waals surface area contributed by atoms with Crippen molar-refractivity contribution in [2.24, 2.45) is 0 Å². The molecule has 1 aliphatic rings. The van der Waals surface area contributed by atoms with Gasteiger partial charge in [0, 0.05) is 31.7 Å². The molecule has 1 aromatic carbocycles. The largest absolute Gasteiger partial charge is 0.395 e. The van der Waals surface area contributed by atoms with Gasteiger partial charge < -0.3 is 25.3 Å². The first-order valence-electron chi connectivity index (χ1n) is 7.38. The minimum Gasteiger partial charge on any atom is -0.395 e. The number of benzene rings is 1. The molecule has 1 saturated heterocycles. The number of nitrogens with zero attached hydrogens (tertiary/aromatic N) is 2. The van der Waals surface area contributed by atoms with Gasteiger partial charge in [0.25, 0.3) is 0 Å². The number of halogens is 1. The van der Waals surface area contributed by atoms with Crippen LogP contribution in [0.1, 0.15) is 6.42 Å². The predicted octanol–water partition coefficient (Wildman–Crippen LogP) is -0.0728. The fraction of sp³-hybridized carbons (Fsp3) is 0.467. The van der Waals surface area contributed by atoms with Crippen LogP contribution in [0.15, 0.2) is 24.3 Å². The van der Waals surface area contributed by atoms with Gasteiger partial charge in [-0.2, -0.15) is 0 Å². The molecule has 7 nitrogen and oxygen atoms in total. The molecule has 0 unspecified atom stereocenters. The van der Waals surface area contributed by atoms with Crippen LogP contribution in [-0.2, 0) is 4.79 Å². The molecule has 0 radical (unpaired) electrons. The molecule has 1 aromatic rings. The monoisotopic (exact) mass is 325 g/mol. The van der Waals surface area contributed by atoms with Crippen LogP contribution in [0, 0.1) is 5.82 Å². The van der Waals surface area contributed by atoms with E-state index in [2.05, 4.69) is 5.32 Å². The maximum absolute atomic E-state index is 12.9. The summed E-state index contributed by atoms with van der Waals surface area (Å²) in [6, 6.07) is 4.77. The highest BCUT2D eigenvalue weighted by Gasteiger charge is 2.32. The summed E-state index contributed by atoms with van der Waals surface area (Å²) in [7, 11) is 0. The lowest BCUT2D eigenvalue weighted by Gasteiger charge is -2.23. The molecule has 23 heavy (non-hydrogen) atoms. The van der Waals surface area contributed by atoms with Crippen LogP contribution in [0.4, 0.5) is 14.9 Å². The predicted molar refractivity (Wildman–Crippen MR) is 81.4 cm³/mol. The van der Waals surface area contributed by atoms with Crippen LogP contribution in [0.3, 0.4) is 0 Å². The molecule has 1 fully saturated rings. The number of anilines is 1. The van der Waals surface area contributed by atoms with Crippen molar-refractivity contribution in [2.75, 3.05) is 37.7 Å². The number of aliphatic hydroxyl groups is 2. The molecule has 0 aliphatic carbocycles. The zero-order valence-corrected chi connectivity index (χ0v) is 12.6. The van der Waals surface area contributed by atoms with Crippen molar-refractivity contribution in [3.63, 3.8) is 0 Å². The second-order valence-electron chi connectivity index (χ2n) is 5.27. The molecule has 3 N–H and O–H groups in total. The Morgan fingerprint density at radius 2 is 1.87 bits per heavy atom. The summed E-state index contributed by atoms with van der Waals surface area (Å²) < 4.78 is 12.9. The van der Waals surface area contributed by atoms with E-state index in [1.807, 2.05) is 0 Å². The number of carbonyl (C=O) groups is 2. The van der Waals surface area contributed by atoms with E-state index in [0.717, 1.165) is 0 Å². The highest BCUT2D eigenvalue weighted by atomic mass is 19.1. The van der Waals surface area contributed by atoms with Crippen molar-refractivity contribution < 1.29 is 24.2 Å². The van der Waals surface area contributed by atoms with Crippen molar-refractivity contribution in [3.8, 4) is 0 Å². The maximum Gasteiger partial charge on any atom is 0.317 e. The van der Waals surface area contributed by atoms with E-state index < -0.39 is 6.03 Å². The number of rotatable bonds is 6. The molecule has 0 saturated carbocycles. The van der Waals surface area contributed by atoms with Gasteiger partial charge in [0.05, 0.1) is 19.3 Å². The number of nitrogens with one attached hydrogen (secondary N) is 1. The average molecular weight is 325 g/mol. The Morgan fingerprint density at radius 1 is 1.26 bits per heavy atom. The highest BCUT2D eigenvalue weighted by Crippen LogP contribution is 2.21. The molecule has 1 heterocycles. The Balaban J connectivity index is 1.96. The normalized spacial score (nSPS) is 17.4. The molecule has 2 rings (SSSR count). The standard InChI is InChI=1S/C15H20FN3O4/c16-11-1-3-13(4-2-11)19-10-12(9-14(19)22)17-15(23)18(5-7-20)6-8-21/h1-4,12,20-21H,5-10H2,(H,17,23)/t12-/m0/s1. The Kier molecular flexibility index (Phi) is 5.89. The summed E-state index contributed by atoms with van der Waals surface area (Å²) in [5.74, 6) is -0.535. The summed E-state index contributed by atoms with van der Waals surface area (Å²) in [6.07, 6.45) is 0.148. The van der Waals surface area contributed by atoms with E-state index in [9.17, 15) is 14.0 Å². The first kappa shape index (κ1) is 17.2. The topological polar surface area (TPSA) is 93.1 Å². The Hall–Kier alpha value is -2.19. The third-order valence-electron chi connectivity index (χ3n) is 3.62. The van der Waals surface area contributed by atoms with Crippen LogP contribution < -0.4 is 10.2 Å². The van der Waals surface area contributed by atoms with E-state index in [1.165, 1.54) is 34.1 Å². The van der Waals surface area contributed by atoms with Gasteiger partial charge in [0.2, 0.25) is 5.91 Å². The fourth-order valence-corrected chi connectivity index (χ4v) is 2.50. The smallest absolute Gasteiger partial charge is 0.317 e. The van der Waals surface area contributed by atoms with Gasteiger partial charge in [-0.05, 0) is 24.3 Å². The van der Waals surface area contributed by atoms with Crippen molar-refractivity contribution in [1.29, 1.82) is 0 Å². The summed E-state index contributed by atoms with van der Waals surface area (Å²) in [6.45, 7) is 0.0865. The number of hydrogen-bond donors (Lipinski definition) is 3. The number of amides is 3. The maximum atomic E-state index is 12.9. The first-order chi connectivity index (χ1) is 11.0. The third kappa shape index (κ3) is 4.40. The highest BCUT2D eigenvalue weighted by molar-refractivity contribution is 5.96. The van der Waals surface area contributed by atoms with E-state index in [-0.39, 0.29) is 50.5 Å². The lowest BCUT2D eigenvalue weighted by molar-refractivity contribution is -0.117. The molecule has 3 amide bonds. The van der Waals surface area contributed by atoms with E-state index in [1.54, 1.807) is 0 Å². The molecule has 0 spiro atoms. The van der Waals surface area contributed by atoms with Gasteiger partial charge in [-0.15, -0.1) is 0 Å². The van der Waals surface area contributed by atoms with Gasteiger partial charge in [-0.1, -0.05) is 0 Å². The second kappa shape index (κ2) is 7.89. The van der Waals surface area contributed by atoms with Crippen molar-refractivity contribution >= 4 is 17.6 Å².